The Morgan fingerprint density at radius 1 is 1.12 bits per heavy atom. The van der Waals surface area contributed by atoms with E-state index in [1.165, 1.54) is 5.56 Å². The number of carbonyl (C=O) groups is 1. The molecule has 0 bridgehead atoms. The third-order valence-electron chi connectivity index (χ3n) is 7.15. The van der Waals surface area contributed by atoms with Crippen LogP contribution in [0.5, 0.6) is 5.75 Å². The van der Waals surface area contributed by atoms with Gasteiger partial charge in [-0.05, 0) is 62.4 Å². The van der Waals surface area contributed by atoms with E-state index in [1.54, 1.807) is 7.11 Å². The summed E-state index contributed by atoms with van der Waals surface area (Å²) in [5.74, 6) is 1.09. The van der Waals surface area contributed by atoms with E-state index in [4.69, 9.17) is 9.47 Å². The highest BCUT2D eigenvalue weighted by Gasteiger charge is 2.41. The van der Waals surface area contributed by atoms with E-state index in [2.05, 4.69) is 48.3 Å². The summed E-state index contributed by atoms with van der Waals surface area (Å²) in [7, 11) is 3.90. The Balaban J connectivity index is 1.26. The maximum Gasteiger partial charge on any atom is 0.222 e. The van der Waals surface area contributed by atoms with Crippen molar-refractivity contribution in [1.29, 1.82) is 0 Å². The standard InChI is InChI=1S/C27H36N2O3/c1-28(21-23-7-4-3-5-8-23)24-13-18-32-27(20-24)14-16-29(17-15-27)26(30)12-11-22-9-6-10-25(19-22)31-2/h3-10,19,24H,11-18,20-21H2,1-2H3. The van der Waals surface area contributed by atoms with Crippen molar-refractivity contribution in [3.8, 4) is 5.75 Å². The third kappa shape index (κ3) is 5.70. The molecule has 1 spiro atoms. The number of hydrogen-bond acceptors (Lipinski definition) is 4. The van der Waals surface area contributed by atoms with Gasteiger partial charge in [0.1, 0.15) is 5.75 Å². The molecule has 4 rings (SSSR count). The Hall–Kier alpha value is -2.37. The Morgan fingerprint density at radius 2 is 1.88 bits per heavy atom. The highest BCUT2D eigenvalue weighted by Crippen LogP contribution is 2.37. The lowest BCUT2D eigenvalue weighted by Gasteiger charge is -2.48. The number of aryl methyl sites for hydroxylation is 1. The van der Waals surface area contributed by atoms with Crippen LogP contribution in [0.4, 0.5) is 0 Å². The van der Waals surface area contributed by atoms with E-state index in [0.717, 1.165) is 69.7 Å². The molecule has 0 radical (unpaired) electrons. The van der Waals surface area contributed by atoms with E-state index >= 15 is 0 Å². The molecule has 32 heavy (non-hydrogen) atoms. The van der Waals surface area contributed by atoms with Crippen molar-refractivity contribution < 1.29 is 14.3 Å². The third-order valence-corrected chi connectivity index (χ3v) is 7.15. The molecule has 2 saturated heterocycles. The summed E-state index contributed by atoms with van der Waals surface area (Å²) in [5.41, 5.74) is 2.43. The minimum Gasteiger partial charge on any atom is -0.497 e. The van der Waals surface area contributed by atoms with Crippen LogP contribution >= 0.6 is 0 Å². The fourth-order valence-electron chi connectivity index (χ4n) is 5.13. The summed E-state index contributed by atoms with van der Waals surface area (Å²) in [5, 5.41) is 0. The molecule has 2 aromatic carbocycles. The SMILES string of the molecule is COc1cccc(CCC(=O)N2CCC3(CC2)CC(N(C)Cc2ccccc2)CCO3)c1. The molecule has 172 valence electrons. The Bertz CT molecular complexity index is 877. The van der Waals surface area contributed by atoms with Gasteiger partial charge in [0.15, 0.2) is 0 Å². The van der Waals surface area contributed by atoms with Crippen LogP contribution in [-0.2, 0) is 22.5 Å². The summed E-state index contributed by atoms with van der Waals surface area (Å²) in [6.07, 6.45) is 5.31. The predicted octanol–water partition coefficient (Wildman–Crippen LogP) is 4.30. The molecule has 0 aromatic heterocycles. The smallest absolute Gasteiger partial charge is 0.222 e. The molecule has 2 aliphatic rings. The topological polar surface area (TPSA) is 42.0 Å². The number of amides is 1. The van der Waals surface area contributed by atoms with Crippen molar-refractivity contribution >= 4 is 5.91 Å². The van der Waals surface area contributed by atoms with Crippen LogP contribution in [-0.4, -0.2) is 61.2 Å². The molecule has 0 aliphatic carbocycles. The highest BCUT2D eigenvalue weighted by atomic mass is 16.5. The maximum atomic E-state index is 12.8. The number of nitrogens with zero attached hydrogens (tertiary/aromatic N) is 2. The number of rotatable bonds is 7. The molecule has 5 heteroatoms. The number of methoxy groups -OCH3 is 1. The van der Waals surface area contributed by atoms with E-state index in [1.807, 2.05) is 23.1 Å². The van der Waals surface area contributed by atoms with Crippen LogP contribution in [0.15, 0.2) is 54.6 Å². The Kier molecular flexibility index (Phi) is 7.48. The molecule has 2 aromatic rings. The van der Waals surface area contributed by atoms with Gasteiger partial charge in [-0.1, -0.05) is 42.5 Å². The van der Waals surface area contributed by atoms with E-state index in [-0.39, 0.29) is 11.5 Å². The largest absolute Gasteiger partial charge is 0.497 e. The summed E-state index contributed by atoms with van der Waals surface area (Å²) in [6.45, 7) is 3.38. The van der Waals surface area contributed by atoms with Gasteiger partial charge in [-0.15, -0.1) is 0 Å². The van der Waals surface area contributed by atoms with Crippen molar-refractivity contribution in [3.63, 3.8) is 0 Å². The Labute approximate surface area is 192 Å². The van der Waals surface area contributed by atoms with Crippen molar-refractivity contribution in [1.82, 2.24) is 9.80 Å². The van der Waals surface area contributed by atoms with Gasteiger partial charge >= 0.3 is 0 Å². The lowest BCUT2D eigenvalue weighted by molar-refractivity contribution is -0.148. The van der Waals surface area contributed by atoms with Crippen molar-refractivity contribution in [3.05, 3.63) is 65.7 Å². The summed E-state index contributed by atoms with van der Waals surface area (Å²) >= 11 is 0. The monoisotopic (exact) mass is 436 g/mol. The van der Waals surface area contributed by atoms with Gasteiger partial charge < -0.3 is 14.4 Å². The number of piperidine rings is 1. The molecule has 2 heterocycles. The lowest BCUT2D eigenvalue weighted by atomic mass is 9.81. The lowest BCUT2D eigenvalue weighted by Crippen LogP contribution is -2.54. The molecule has 2 aliphatic heterocycles. The second-order valence-corrected chi connectivity index (χ2v) is 9.31. The molecule has 0 N–H and O–H groups in total. The summed E-state index contributed by atoms with van der Waals surface area (Å²) < 4.78 is 11.6. The van der Waals surface area contributed by atoms with Gasteiger partial charge in [0.05, 0.1) is 12.7 Å². The van der Waals surface area contributed by atoms with Gasteiger partial charge in [0.2, 0.25) is 5.91 Å². The van der Waals surface area contributed by atoms with Gasteiger partial charge in [0.25, 0.3) is 0 Å². The molecule has 0 saturated carbocycles. The molecule has 1 unspecified atom stereocenters. The average Bonchev–Trinajstić information content (AvgIpc) is 2.84. The number of benzene rings is 2. The van der Waals surface area contributed by atoms with Crippen LogP contribution < -0.4 is 4.74 Å². The number of likely N-dealkylation sites (tertiary alicyclic amines) is 1. The highest BCUT2D eigenvalue weighted by molar-refractivity contribution is 5.76. The molecule has 2 fully saturated rings. The summed E-state index contributed by atoms with van der Waals surface area (Å²) in [6, 6.07) is 19.2. The maximum absolute atomic E-state index is 12.8. The minimum atomic E-state index is -0.0720. The molecule has 1 atom stereocenters. The number of ether oxygens (including phenoxy) is 2. The van der Waals surface area contributed by atoms with Crippen molar-refractivity contribution in [2.45, 2.75) is 56.7 Å². The molecular weight excluding hydrogens is 400 g/mol. The molecule has 5 nitrogen and oxygen atoms in total. The fourth-order valence-corrected chi connectivity index (χ4v) is 5.13. The van der Waals surface area contributed by atoms with Crippen LogP contribution in [0.2, 0.25) is 0 Å². The number of carbonyl (C=O) groups excluding carboxylic acids is 1. The van der Waals surface area contributed by atoms with Gasteiger partial charge in [-0.2, -0.15) is 0 Å². The van der Waals surface area contributed by atoms with Crippen LogP contribution in [0.25, 0.3) is 0 Å². The van der Waals surface area contributed by atoms with Crippen LogP contribution in [0, 0.1) is 0 Å². The van der Waals surface area contributed by atoms with E-state index in [0.29, 0.717) is 12.5 Å². The quantitative estimate of drug-likeness (QED) is 0.649. The zero-order chi connectivity index (χ0) is 22.4. The first kappa shape index (κ1) is 22.8. The fraction of sp³-hybridized carbons (Fsp3) is 0.519. The first-order valence-corrected chi connectivity index (χ1v) is 11.9. The average molecular weight is 437 g/mol. The van der Waals surface area contributed by atoms with Crippen molar-refractivity contribution in [2.24, 2.45) is 0 Å². The zero-order valence-corrected chi connectivity index (χ0v) is 19.5. The van der Waals surface area contributed by atoms with E-state index < -0.39 is 0 Å². The van der Waals surface area contributed by atoms with Gasteiger partial charge in [0, 0.05) is 38.7 Å². The van der Waals surface area contributed by atoms with Crippen molar-refractivity contribution in [2.75, 3.05) is 33.9 Å². The second-order valence-electron chi connectivity index (χ2n) is 9.31. The molecule has 1 amide bonds. The van der Waals surface area contributed by atoms with Crippen LogP contribution in [0.3, 0.4) is 0 Å². The number of hydrogen-bond donors (Lipinski definition) is 0. The first-order valence-electron chi connectivity index (χ1n) is 11.9. The predicted molar refractivity (Wildman–Crippen MR) is 127 cm³/mol. The van der Waals surface area contributed by atoms with Gasteiger partial charge in [-0.3, -0.25) is 9.69 Å². The first-order chi connectivity index (χ1) is 15.6. The second kappa shape index (κ2) is 10.5. The zero-order valence-electron chi connectivity index (χ0n) is 19.5. The summed E-state index contributed by atoms with van der Waals surface area (Å²) in [4.78, 5) is 17.3. The van der Waals surface area contributed by atoms with Crippen LogP contribution in [0.1, 0.15) is 43.2 Å². The minimum absolute atomic E-state index is 0.0720. The van der Waals surface area contributed by atoms with E-state index in [9.17, 15) is 4.79 Å². The molecular formula is C27H36N2O3. The Morgan fingerprint density at radius 3 is 2.62 bits per heavy atom. The van der Waals surface area contributed by atoms with Gasteiger partial charge in [-0.25, -0.2) is 0 Å². The normalized spacial score (nSPS) is 20.5.